The fourth-order valence-corrected chi connectivity index (χ4v) is 4.91. The summed E-state index contributed by atoms with van der Waals surface area (Å²) in [5.41, 5.74) is 0.636. The molecule has 0 aliphatic carbocycles. The Bertz CT molecular complexity index is 746. The number of piperidine rings is 1. The molecule has 0 bridgehead atoms. The summed E-state index contributed by atoms with van der Waals surface area (Å²) in [6.07, 6.45) is 1.87. The summed E-state index contributed by atoms with van der Waals surface area (Å²) >= 11 is 0. The molecular formula is C18H25FN2O4S. The normalized spacial score (nSPS) is 21.5. The minimum Gasteiger partial charge on any atom is -0.494 e. The Balaban J connectivity index is 1.50. The molecular weight excluding hydrogens is 359 g/mol. The third-order valence-corrected chi connectivity index (χ3v) is 6.89. The first-order valence-electron chi connectivity index (χ1n) is 8.92. The van der Waals surface area contributed by atoms with Gasteiger partial charge in [-0.1, -0.05) is 6.07 Å². The van der Waals surface area contributed by atoms with E-state index in [9.17, 15) is 17.6 Å². The number of benzene rings is 1. The zero-order valence-corrected chi connectivity index (χ0v) is 15.8. The average Bonchev–Trinajstić information content (AvgIpc) is 2.62. The van der Waals surface area contributed by atoms with Gasteiger partial charge in [-0.2, -0.15) is 0 Å². The van der Waals surface area contributed by atoms with Crippen LogP contribution in [0.5, 0.6) is 5.75 Å². The van der Waals surface area contributed by atoms with Crippen LogP contribution in [0, 0.1) is 5.82 Å². The van der Waals surface area contributed by atoms with Crippen LogP contribution < -0.4 is 4.74 Å². The number of hydrogen-bond acceptors (Lipinski definition) is 5. The van der Waals surface area contributed by atoms with Crippen LogP contribution in [0.25, 0.3) is 0 Å². The summed E-state index contributed by atoms with van der Waals surface area (Å²) in [5.74, 6) is 0.168. The highest BCUT2D eigenvalue weighted by atomic mass is 32.2. The molecule has 2 saturated heterocycles. The van der Waals surface area contributed by atoms with Gasteiger partial charge in [-0.15, -0.1) is 0 Å². The van der Waals surface area contributed by atoms with Gasteiger partial charge in [0.2, 0.25) is 5.91 Å². The number of ether oxygens (including phenoxy) is 1. The molecule has 1 aromatic rings. The Kier molecular flexibility index (Phi) is 5.82. The van der Waals surface area contributed by atoms with Crippen LogP contribution in [0.2, 0.25) is 0 Å². The van der Waals surface area contributed by atoms with Gasteiger partial charge in [-0.05, 0) is 30.5 Å². The molecule has 8 heteroatoms. The second kappa shape index (κ2) is 7.92. The van der Waals surface area contributed by atoms with Crippen molar-refractivity contribution in [1.29, 1.82) is 0 Å². The lowest BCUT2D eigenvalue weighted by molar-refractivity contribution is -0.132. The topological polar surface area (TPSA) is 66.9 Å². The van der Waals surface area contributed by atoms with Crippen LogP contribution >= 0.6 is 0 Å². The highest BCUT2D eigenvalue weighted by molar-refractivity contribution is 7.91. The van der Waals surface area contributed by atoms with Gasteiger partial charge in [0.1, 0.15) is 0 Å². The van der Waals surface area contributed by atoms with E-state index in [1.807, 2.05) is 4.90 Å². The third-order valence-electron chi connectivity index (χ3n) is 5.28. The monoisotopic (exact) mass is 384 g/mol. The number of carbonyl (C=O) groups excluding carboxylic acids is 1. The number of amides is 1. The Morgan fingerprint density at radius 3 is 2.42 bits per heavy atom. The van der Waals surface area contributed by atoms with E-state index in [1.165, 1.54) is 19.2 Å². The molecule has 0 spiro atoms. The average molecular weight is 384 g/mol. The molecule has 0 N–H and O–H groups in total. The molecule has 0 radical (unpaired) electrons. The molecule has 0 aromatic heterocycles. The quantitative estimate of drug-likeness (QED) is 0.778. The first kappa shape index (κ1) is 19.1. The van der Waals surface area contributed by atoms with Gasteiger partial charge in [0.05, 0.1) is 25.0 Å². The Labute approximate surface area is 153 Å². The molecule has 2 aliphatic heterocycles. The first-order chi connectivity index (χ1) is 12.4. The predicted octanol–water partition coefficient (Wildman–Crippen LogP) is 1.10. The first-order valence-corrected chi connectivity index (χ1v) is 10.7. The molecule has 2 fully saturated rings. The van der Waals surface area contributed by atoms with Gasteiger partial charge in [-0.3, -0.25) is 9.69 Å². The van der Waals surface area contributed by atoms with E-state index in [0.29, 0.717) is 37.8 Å². The number of nitrogens with zero attached hydrogens (tertiary/aromatic N) is 2. The summed E-state index contributed by atoms with van der Waals surface area (Å²) in [6, 6.07) is 4.93. The second-order valence-corrected chi connectivity index (χ2v) is 9.25. The van der Waals surface area contributed by atoms with Crippen molar-refractivity contribution in [3.63, 3.8) is 0 Å². The maximum absolute atomic E-state index is 13.8. The van der Waals surface area contributed by atoms with Crippen LogP contribution in [0.3, 0.4) is 0 Å². The van der Waals surface area contributed by atoms with Crippen LogP contribution in [-0.4, -0.2) is 75.0 Å². The molecule has 2 aliphatic rings. The molecule has 2 heterocycles. The van der Waals surface area contributed by atoms with Gasteiger partial charge in [-0.25, -0.2) is 12.8 Å². The predicted molar refractivity (Wildman–Crippen MR) is 96.5 cm³/mol. The standard InChI is InChI=1S/C18H25FN2O4S/c1-25-17-3-2-14(12-16(17)19)13-18(22)21-6-4-15(5-7-21)20-8-10-26(23,24)11-9-20/h2-3,12,15H,4-11,13H2,1H3. The smallest absolute Gasteiger partial charge is 0.226 e. The van der Waals surface area contributed by atoms with E-state index in [4.69, 9.17) is 4.74 Å². The number of carbonyl (C=O) groups is 1. The summed E-state index contributed by atoms with van der Waals surface area (Å²) in [5, 5.41) is 0. The van der Waals surface area contributed by atoms with Crippen LogP contribution in [-0.2, 0) is 21.1 Å². The van der Waals surface area contributed by atoms with E-state index >= 15 is 0 Å². The van der Waals surface area contributed by atoms with Crippen molar-refractivity contribution in [3.8, 4) is 5.75 Å². The van der Waals surface area contributed by atoms with Gasteiger partial charge in [0.25, 0.3) is 0 Å². The van der Waals surface area contributed by atoms with Crippen molar-refractivity contribution in [3.05, 3.63) is 29.6 Å². The Morgan fingerprint density at radius 2 is 1.85 bits per heavy atom. The summed E-state index contributed by atoms with van der Waals surface area (Å²) in [6.45, 7) is 2.49. The van der Waals surface area contributed by atoms with Gasteiger partial charge >= 0.3 is 0 Å². The highest BCUT2D eigenvalue weighted by Crippen LogP contribution is 2.21. The summed E-state index contributed by atoms with van der Waals surface area (Å²) in [7, 11) is -1.46. The SMILES string of the molecule is COc1ccc(CC(=O)N2CCC(N3CCS(=O)(=O)CC3)CC2)cc1F. The van der Waals surface area contributed by atoms with E-state index in [-0.39, 0.29) is 29.6 Å². The fourth-order valence-electron chi connectivity index (χ4n) is 3.68. The largest absolute Gasteiger partial charge is 0.494 e. The molecule has 0 saturated carbocycles. The zero-order valence-electron chi connectivity index (χ0n) is 15.0. The van der Waals surface area contributed by atoms with Crippen LogP contribution in [0.4, 0.5) is 4.39 Å². The van der Waals surface area contributed by atoms with Gasteiger partial charge in [0, 0.05) is 32.2 Å². The minimum atomic E-state index is -2.87. The van der Waals surface area contributed by atoms with Crippen molar-refractivity contribution < 1.29 is 22.3 Å². The molecule has 26 heavy (non-hydrogen) atoms. The van der Waals surface area contributed by atoms with Crippen molar-refractivity contribution in [2.75, 3.05) is 44.8 Å². The maximum Gasteiger partial charge on any atom is 0.226 e. The van der Waals surface area contributed by atoms with E-state index in [0.717, 1.165) is 12.8 Å². The van der Waals surface area contributed by atoms with Gasteiger partial charge in [0.15, 0.2) is 21.4 Å². The highest BCUT2D eigenvalue weighted by Gasteiger charge is 2.30. The summed E-state index contributed by atoms with van der Waals surface area (Å²) < 4.78 is 41.7. The zero-order chi connectivity index (χ0) is 18.7. The van der Waals surface area contributed by atoms with E-state index < -0.39 is 15.7 Å². The second-order valence-electron chi connectivity index (χ2n) is 6.95. The number of likely N-dealkylation sites (tertiary alicyclic amines) is 1. The lowest BCUT2D eigenvalue weighted by Crippen LogP contribution is -2.51. The molecule has 3 rings (SSSR count). The van der Waals surface area contributed by atoms with E-state index in [2.05, 4.69) is 4.90 Å². The fraction of sp³-hybridized carbons (Fsp3) is 0.611. The van der Waals surface area contributed by atoms with Crippen molar-refractivity contribution in [2.45, 2.75) is 25.3 Å². The number of hydrogen-bond donors (Lipinski definition) is 0. The number of halogens is 1. The number of rotatable bonds is 4. The van der Waals surface area contributed by atoms with Crippen molar-refractivity contribution in [2.24, 2.45) is 0 Å². The number of sulfone groups is 1. The van der Waals surface area contributed by atoms with Crippen molar-refractivity contribution >= 4 is 15.7 Å². The minimum absolute atomic E-state index is 0.00533. The Morgan fingerprint density at radius 1 is 1.19 bits per heavy atom. The molecule has 0 atom stereocenters. The molecule has 1 aromatic carbocycles. The maximum atomic E-state index is 13.8. The Hall–Kier alpha value is -1.67. The third kappa shape index (κ3) is 4.54. The van der Waals surface area contributed by atoms with E-state index in [1.54, 1.807) is 6.07 Å². The molecule has 6 nitrogen and oxygen atoms in total. The number of methoxy groups -OCH3 is 1. The lowest BCUT2D eigenvalue weighted by Gasteiger charge is -2.40. The summed E-state index contributed by atoms with van der Waals surface area (Å²) in [4.78, 5) is 16.5. The van der Waals surface area contributed by atoms with Crippen LogP contribution in [0.1, 0.15) is 18.4 Å². The lowest BCUT2D eigenvalue weighted by atomic mass is 10.0. The van der Waals surface area contributed by atoms with Crippen molar-refractivity contribution in [1.82, 2.24) is 9.80 Å². The van der Waals surface area contributed by atoms with Crippen LogP contribution in [0.15, 0.2) is 18.2 Å². The molecule has 144 valence electrons. The van der Waals surface area contributed by atoms with Gasteiger partial charge < -0.3 is 9.64 Å². The molecule has 1 amide bonds. The molecule has 0 unspecified atom stereocenters.